The Morgan fingerprint density at radius 2 is 2.11 bits per heavy atom. The van der Waals surface area contributed by atoms with E-state index in [9.17, 15) is 20.1 Å². The fourth-order valence-electron chi connectivity index (χ4n) is 1.73. The number of aliphatic hydroxyl groups is 4. The van der Waals surface area contributed by atoms with Gasteiger partial charge in [0.25, 0.3) is 0 Å². The summed E-state index contributed by atoms with van der Waals surface area (Å²) < 4.78 is 4.82. The quantitative estimate of drug-likeness (QED) is 0.265. The lowest BCUT2D eigenvalue weighted by Gasteiger charge is -2.45. The molecule has 1 rings (SSSR count). The first-order valence-electron chi connectivity index (χ1n) is 5.53. The van der Waals surface area contributed by atoms with E-state index in [0.717, 1.165) is 0 Å². The van der Waals surface area contributed by atoms with Crippen molar-refractivity contribution in [1.29, 1.82) is 0 Å². The van der Waals surface area contributed by atoms with Crippen LogP contribution in [-0.4, -0.2) is 63.0 Å². The Balaban J connectivity index is 3.10. The van der Waals surface area contributed by atoms with Gasteiger partial charge in [0.2, 0.25) is 5.78 Å². The predicted molar refractivity (Wildman–Crippen MR) is 60.0 cm³/mol. The highest BCUT2D eigenvalue weighted by Crippen LogP contribution is 2.29. The molecule has 0 spiro atoms. The summed E-state index contributed by atoms with van der Waals surface area (Å²) in [5.41, 5.74) is 2.96. The number of hydrogen-bond acceptors (Lipinski definition) is 7. The molecular formula is C11H17NO6. The molecule has 5 atom stereocenters. The minimum absolute atomic E-state index is 0.386. The van der Waals surface area contributed by atoms with Crippen molar-refractivity contribution < 1.29 is 30.0 Å². The second-order valence-corrected chi connectivity index (χ2v) is 4.03. The fourth-order valence-corrected chi connectivity index (χ4v) is 1.73. The van der Waals surface area contributed by atoms with Gasteiger partial charge >= 0.3 is 0 Å². The molecule has 102 valence electrons. The number of rotatable bonds is 2. The highest BCUT2D eigenvalue weighted by molar-refractivity contribution is 6.03. The first-order chi connectivity index (χ1) is 8.39. The zero-order valence-electron chi connectivity index (χ0n) is 9.91. The molecule has 1 saturated heterocycles. The number of nitrogens with two attached hydrogens (primary N) is 1. The van der Waals surface area contributed by atoms with Gasteiger partial charge in [0, 0.05) is 6.42 Å². The van der Waals surface area contributed by atoms with Gasteiger partial charge in [0.1, 0.15) is 12.2 Å². The molecule has 6 N–H and O–H groups in total. The van der Waals surface area contributed by atoms with Crippen LogP contribution >= 0.6 is 0 Å². The molecule has 0 amide bonds. The molecular weight excluding hydrogens is 242 g/mol. The summed E-state index contributed by atoms with van der Waals surface area (Å²) in [5.74, 6) is 3.59. The Morgan fingerprint density at radius 3 is 2.61 bits per heavy atom. The van der Waals surface area contributed by atoms with Gasteiger partial charge in [-0.15, -0.1) is 0 Å². The summed E-state index contributed by atoms with van der Waals surface area (Å²) in [4.78, 5) is 11.8. The van der Waals surface area contributed by atoms with E-state index < -0.39 is 42.5 Å². The van der Waals surface area contributed by atoms with Crippen molar-refractivity contribution in [2.24, 2.45) is 5.73 Å². The summed E-state index contributed by atoms with van der Waals surface area (Å²) in [7, 11) is 0. The lowest BCUT2D eigenvalue weighted by Crippen LogP contribution is -2.72. The van der Waals surface area contributed by atoms with Crippen LogP contribution in [0.5, 0.6) is 0 Å². The smallest absolute Gasteiger partial charge is 0.242 e. The van der Waals surface area contributed by atoms with Crippen LogP contribution in [0.2, 0.25) is 0 Å². The van der Waals surface area contributed by atoms with Crippen molar-refractivity contribution in [1.82, 2.24) is 0 Å². The van der Waals surface area contributed by atoms with Crippen molar-refractivity contribution in [3.05, 3.63) is 0 Å². The molecule has 1 aliphatic rings. The molecule has 0 aromatic heterocycles. The molecule has 1 heterocycles. The van der Waals surface area contributed by atoms with E-state index >= 15 is 0 Å². The molecule has 1 unspecified atom stereocenters. The Morgan fingerprint density at radius 1 is 1.50 bits per heavy atom. The monoisotopic (exact) mass is 259 g/mol. The molecule has 0 aromatic carbocycles. The maximum absolute atomic E-state index is 11.8. The average Bonchev–Trinajstić information content (AvgIpc) is 2.37. The molecule has 7 heteroatoms. The van der Waals surface area contributed by atoms with E-state index in [0.29, 0.717) is 6.42 Å². The minimum Gasteiger partial charge on any atom is -0.394 e. The third kappa shape index (κ3) is 2.40. The summed E-state index contributed by atoms with van der Waals surface area (Å²) >= 11 is 0. The highest BCUT2D eigenvalue weighted by atomic mass is 16.6. The Labute approximate surface area is 104 Å². The second kappa shape index (κ2) is 5.75. The molecule has 0 saturated carbocycles. The Kier molecular flexibility index (Phi) is 4.81. The van der Waals surface area contributed by atoms with Crippen LogP contribution in [0.25, 0.3) is 0 Å². The number of ether oxygens (including phenoxy) is 1. The minimum atomic E-state index is -2.45. The molecule has 7 nitrogen and oxygen atoms in total. The fraction of sp³-hybridized carbons (Fsp3) is 0.727. The zero-order chi connectivity index (χ0) is 13.9. The largest absolute Gasteiger partial charge is 0.394 e. The van der Waals surface area contributed by atoms with E-state index in [1.54, 1.807) is 6.92 Å². The van der Waals surface area contributed by atoms with Crippen molar-refractivity contribution in [3.8, 4) is 11.8 Å². The SMILES string of the molecule is CCC#CC(=O)[C@]1(O)[C@H](O)[C@H](N)C(O)O[C@@H]1CO. The number of hydrogen-bond donors (Lipinski definition) is 5. The summed E-state index contributed by atoms with van der Waals surface area (Å²) in [6.07, 6.45) is -4.46. The van der Waals surface area contributed by atoms with E-state index in [2.05, 4.69) is 11.8 Å². The number of ketones is 1. The zero-order valence-corrected chi connectivity index (χ0v) is 9.91. The van der Waals surface area contributed by atoms with Crippen molar-refractivity contribution in [2.45, 2.75) is 43.5 Å². The maximum atomic E-state index is 11.8. The molecule has 0 aromatic rings. The second-order valence-electron chi connectivity index (χ2n) is 4.03. The van der Waals surface area contributed by atoms with Crippen LogP contribution in [0.1, 0.15) is 13.3 Å². The van der Waals surface area contributed by atoms with Crippen molar-refractivity contribution >= 4 is 5.78 Å². The predicted octanol–water partition coefficient (Wildman–Crippen LogP) is -2.90. The molecule has 0 aliphatic carbocycles. The van der Waals surface area contributed by atoms with E-state index in [4.69, 9.17) is 15.6 Å². The van der Waals surface area contributed by atoms with Crippen LogP contribution in [0, 0.1) is 11.8 Å². The van der Waals surface area contributed by atoms with Gasteiger partial charge in [-0.25, -0.2) is 0 Å². The molecule has 1 fully saturated rings. The summed E-state index contributed by atoms with van der Waals surface area (Å²) in [5, 5.41) is 38.5. The van der Waals surface area contributed by atoms with Crippen LogP contribution in [0.4, 0.5) is 0 Å². The lowest BCUT2D eigenvalue weighted by atomic mass is 9.80. The summed E-state index contributed by atoms with van der Waals surface area (Å²) in [6, 6.07) is -1.37. The van der Waals surface area contributed by atoms with Crippen LogP contribution in [-0.2, 0) is 9.53 Å². The topological polar surface area (TPSA) is 133 Å². The van der Waals surface area contributed by atoms with Crippen LogP contribution < -0.4 is 5.73 Å². The lowest BCUT2D eigenvalue weighted by molar-refractivity contribution is -0.277. The molecule has 0 bridgehead atoms. The number of carbonyl (C=O) groups is 1. The third-order valence-corrected chi connectivity index (χ3v) is 2.85. The summed E-state index contributed by atoms with van der Waals surface area (Å²) in [6.45, 7) is 0.939. The first kappa shape index (κ1) is 15.0. The van der Waals surface area contributed by atoms with Gasteiger partial charge in [-0.05, 0) is 5.92 Å². The Bertz CT molecular complexity index is 371. The number of carbonyl (C=O) groups excluding carboxylic acids is 1. The molecule has 18 heavy (non-hydrogen) atoms. The van der Waals surface area contributed by atoms with Crippen molar-refractivity contribution in [2.75, 3.05) is 6.61 Å². The van der Waals surface area contributed by atoms with Crippen LogP contribution in [0.3, 0.4) is 0 Å². The van der Waals surface area contributed by atoms with Crippen molar-refractivity contribution in [3.63, 3.8) is 0 Å². The molecule has 0 radical (unpaired) electrons. The number of aliphatic hydroxyl groups excluding tert-OH is 3. The van der Waals surface area contributed by atoms with Gasteiger partial charge < -0.3 is 30.9 Å². The maximum Gasteiger partial charge on any atom is 0.242 e. The van der Waals surface area contributed by atoms with E-state index in [1.165, 1.54) is 0 Å². The standard InChI is InChI=1S/C11H17NO6/c1-2-3-4-6(14)11(17)7(5-13)18-10(16)8(12)9(11)15/h7-10,13,15-17H,2,5,12H2,1H3/t7-,8+,9-,10?,11-/m1/s1. The van der Waals surface area contributed by atoms with Gasteiger partial charge in [-0.2, -0.15) is 0 Å². The van der Waals surface area contributed by atoms with Crippen LogP contribution in [0.15, 0.2) is 0 Å². The van der Waals surface area contributed by atoms with Gasteiger partial charge in [-0.3, -0.25) is 4.79 Å². The van der Waals surface area contributed by atoms with Gasteiger partial charge in [-0.1, -0.05) is 12.8 Å². The van der Waals surface area contributed by atoms with Gasteiger partial charge in [0.05, 0.1) is 12.6 Å². The molecule has 1 aliphatic heterocycles. The van der Waals surface area contributed by atoms with E-state index in [1.807, 2.05) is 0 Å². The highest BCUT2D eigenvalue weighted by Gasteiger charge is 2.57. The van der Waals surface area contributed by atoms with Gasteiger partial charge in [0.15, 0.2) is 11.9 Å². The van der Waals surface area contributed by atoms with E-state index in [-0.39, 0.29) is 0 Å². The number of Topliss-reactive ketones (excluding diaryl/α,β-unsaturated/α-hetero) is 1. The average molecular weight is 259 g/mol. The normalized spacial score (nSPS) is 39.9. The third-order valence-electron chi connectivity index (χ3n) is 2.85. The first-order valence-corrected chi connectivity index (χ1v) is 5.53. The Hall–Kier alpha value is -1.01.